The molecule has 0 amide bonds. The predicted octanol–water partition coefficient (Wildman–Crippen LogP) is 2.92. The maximum Gasteiger partial charge on any atom is 0.237 e. The van der Waals surface area contributed by atoms with Gasteiger partial charge in [-0.25, -0.2) is 9.97 Å². The quantitative estimate of drug-likeness (QED) is 0.918. The molecular formula is C11H10BrN3O. The standard InChI is InChI=1S/C11H10BrN3O/c1-7-4-8(12)2-3-9(7)16-11-6-14-10(13)5-15-11/h2-6H,1H3,(H2,13,14). The summed E-state index contributed by atoms with van der Waals surface area (Å²) in [6.07, 6.45) is 2.96. The van der Waals surface area contributed by atoms with Crippen molar-refractivity contribution in [2.24, 2.45) is 0 Å². The van der Waals surface area contributed by atoms with E-state index in [0.717, 1.165) is 15.8 Å². The molecule has 4 nitrogen and oxygen atoms in total. The van der Waals surface area contributed by atoms with Gasteiger partial charge < -0.3 is 10.5 Å². The van der Waals surface area contributed by atoms with Crippen LogP contribution in [0.15, 0.2) is 35.1 Å². The van der Waals surface area contributed by atoms with Crippen molar-refractivity contribution in [2.45, 2.75) is 6.92 Å². The van der Waals surface area contributed by atoms with E-state index in [4.69, 9.17) is 10.5 Å². The summed E-state index contributed by atoms with van der Waals surface area (Å²) in [5.41, 5.74) is 6.46. The zero-order valence-electron chi connectivity index (χ0n) is 8.64. The fourth-order valence-electron chi connectivity index (χ4n) is 1.22. The number of hydrogen-bond acceptors (Lipinski definition) is 4. The van der Waals surface area contributed by atoms with Crippen molar-refractivity contribution in [3.05, 3.63) is 40.6 Å². The average molecular weight is 280 g/mol. The van der Waals surface area contributed by atoms with Gasteiger partial charge in [0, 0.05) is 4.47 Å². The first-order chi connectivity index (χ1) is 7.65. The molecule has 0 saturated heterocycles. The van der Waals surface area contributed by atoms with Crippen LogP contribution in [-0.2, 0) is 0 Å². The molecule has 0 saturated carbocycles. The predicted molar refractivity (Wildman–Crippen MR) is 65.4 cm³/mol. The van der Waals surface area contributed by atoms with Gasteiger partial charge in [0.1, 0.15) is 11.6 Å². The van der Waals surface area contributed by atoms with Crippen molar-refractivity contribution in [2.75, 3.05) is 5.73 Å². The van der Waals surface area contributed by atoms with Gasteiger partial charge in [-0.3, -0.25) is 0 Å². The van der Waals surface area contributed by atoms with Gasteiger partial charge in [-0.2, -0.15) is 0 Å². The second-order valence-electron chi connectivity index (χ2n) is 3.29. The molecule has 0 unspecified atom stereocenters. The van der Waals surface area contributed by atoms with Crippen LogP contribution in [0.5, 0.6) is 11.6 Å². The molecule has 0 radical (unpaired) electrons. The van der Waals surface area contributed by atoms with Gasteiger partial charge >= 0.3 is 0 Å². The van der Waals surface area contributed by atoms with Crippen molar-refractivity contribution in [3.63, 3.8) is 0 Å². The molecule has 0 aliphatic heterocycles. The molecule has 5 heteroatoms. The van der Waals surface area contributed by atoms with E-state index in [1.54, 1.807) is 0 Å². The fourth-order valence-corrected chi connectivity index (χ4v) is 1.69. The lowest BCUT2D eigenvalue weighted by atomic mass is 10.2. The van der Waals surface area contributed by atoms with Crippen LogP contribution in [-0.4, -0.2) is 9.97 Å². The first kappa shape index (κ1) is 10.9. The molecule has 1 aromatic heterocycles. The fraction of sp³-hybridized carbons (Fsp3) is 0.0909. The molecule has 2 N–H and O–H groups in total. The van der Waals surface area contributed by atoms with Gasteiger partial charge in [0.15, 0.2) is 0 Å². The Balaban J connectivity index is 2.23. The summed E-state index contributed by atoms with van der Waals surface area (Å²) < 4.78 is 6.58. The first-order valence-electron chi connectivity index (χ1n) is 4.66. The van der Waals surface area contributed by atoms with Crippen molar-refractivity contribution in [1.82, 2.24) is 9.97 Å². The Kier molecular flexibility index (Phi) is 3.05. The Hall–Kier alpha value is -1.62. The van der Waals surface area contributed by atoms with Gasteiger partial charge in [-0.15, -0.1) is 0 Å². The molecule has 2 rings (SSSR count). The van der Waals surface area contributed by atoms with Crippen molar-refractivity contribution >= 4 is 21.7 Å². The highest BCUT2D eigenvalue weighted by Crippen LogP contribution is 2.25. The zero-order valence-corrected chi connectivity index (χ0v) is 10.2. The third-order valence-corrected chi connectivity index (χ3v) is 2.49. The van der Waals surface area contributed by atoms with E-state index in [1.165, 1.54) is 12.4 Å². The molecule has 1 heterocycles. The van der Waals surface area contributed by atoms with Gasteiger partial charge in [0.25, 0.3) is 0 Å². The molecule has 1 aromatic carbocycles. The van der Waals surface area contributed by atoms with Crippen LogP contribution in [0.4, 0.5) is 5.82 Å². The number of aryl methyl sites for hydroxylation is 1. The number of benzene rings is 1. The highest BCUT2D eigenvalue weighted by atomic mass is 79.9. The summed E-state index contributed by atoms with van der Waals surface area (Å²) >= 11 is 3.39. The minimum absolute atomic E-state index is 0.375. The summed E-state index contributed by atoms with van der Waals surface area (Å²) in [7, 11) is 0. The van der Waals surface area contributed by atoms with E-state index in [-0.39, 0.29) is 0 Å². The molecule has 2 aromatic rings. The number of ether oxygens (including phenoxy) is 1. The smallest absolute Gasteiger partial charge is 0.237 e. The maximum absolute atomic E-state index is 5.57. The summed E-state index contributed by atoms with van der Waals surface area (Å²) in [6.45, 7) is 1.96. The molecule has 16 heavy (non-hydrogen) atoms. The van der Waals surface area contributed by atoms with Crippen molar-refractivity contribution < 1.29 is 4.74 Å². The molecule has 0 bridgehead atoms. The molecule has 0 spiro atoms. The number of anilines is 1. The molecule has 0 fully saturated rings. The van der Waals surface area contributed by atoms with Gasteiger partial charge in [-0.05, 0) is 30.7 Å². The second kappa shape index (κ2) is 4.49. The normalized spacial score (nSPS) is 10.1. The number of nitrogens with zero attached hydrogens (tertiary/aromatic N) is 2. The lowest BCUT2D eigenvalue weighted by molar-refractivity contribution is 0.457. The topological polar surface area (TPSA) is 61.0 Å². The number of nitrogen functional groups attached to an aromatic ring is 1. The van der Waals surface area contributed by atoms with E-state index < -0.39 is 0 Å². The molecule has 0 atom stereocenters. The average Bonchev–Trinajstić information content (AvgIpc) is 2.25. The van der Waals surface area contributed by atoms with Gasteiger partial charge in [0.2, 0.25) is 5.88 Å². The SMILES string of the molecule is Cc1cc(Br)ccc1Oc1cnc(N)cn1. The largest absolute Gasteiger partial charge is 0.437 e. The van der Waals surface area contributed by atoms with Crippen LogP contribution >= 0.6 is 15.9 Å². The Morgan fingerprint density at radius 1 is 1.25 bits per heavy atom. The minimum Gasteiger partial charge on any atom is -0.437 e. The lowest BCUT2D eigenvalue weighted by Gasteiger charge is -2.07. The zero-order chi connectivity index (χ0) is 11.5. The number of halogens is 1. The Bertz CT molecular complexity index is 499. The van der Waals surface area contributed by atoms with Crippen LogP contribution in [0.1, 0.15) is 5.56 Å². The Morgan fingerprint density at radius 3 is 2.69 bits per heavy atom. The van der Waals surface area contributed by atoms with Crippen molar-refractivity contribution in [1.29, 1.82) is 0 Å². The summed E-state index contributed by atoms with van der Waals surface area (Å²) in [6, 6.07) is 5.75. The van der Waals surface area contributed by atoms with Crippen LogP contribution in [0.3, 0.4) is 0 Å². The van der Waals surface area contributed by atoms with E-state index in [1.807, 2.05) is 25.1 Å². The minimum atomic E-state index is 0.375. The summed E-state index contributed by atoms with van der Waals surface area (Å²) in [5.74, 6) is 1.56. The van der Waals surface area contributed by atoms with E-state index in [9.17, 15) is 0 Å². The van der Waals surface area contributed by atoms with Crippen LogP contribution < -0.4 is 10.5 Å². The highest BCUT2D eigenvalue weighted by Gasteiger charge is 2.03. The van der Waals surface area contributed by atoms with E-state index in [0.29, 0.717) is 11.7 Å². The number of aromatic nitrogens is 2. The van der Waals surface area contributed by atoms with Gasteiger partial charge in [-0.1, -0.05) is 15.9 Å². The first-order valence-corrected chi connectivity index (χ1v) is 5.46. The van der Waals surface area contributed by atoms with Crippen LogP contribution in [0.2, 0.25) is 0 Å². The van der Waals surface area contributed by atoms with E-state index >= 15 is 0 Å². The van der Waals surface area contributed by atoms with Crippen LogP contribution in [0.25, 0.3) is 0 Å². The number of nitrogens with two attached hydrogens (primary N) is 1. The Labute approximate surface area is 102 Å². The van der Waals surface area contributed by atoms with Crippen molar-refractivity contribution in [3.8, 4) is 11.6 Å². The second-order valence-corrected chi connectivity index (χ2v) is 4.21. The molecular weight excluding hydrogens is 270 g/mol. The molecule has 0 aliphatic carbocycles. The maximum atomic E-state index is 5.57. The number of hydrogen-bond donors (Lipinski definition) is 1. The summed E-state index contributed by atoms with van der Waals surface area (Å²) in [4.78, 5) is 7.92. The Morgan fingerprint density at radius 2 is 2.06 bits per heavy atom. The van der Waals surface area contributed by atoms with Gasteiger partial charge in [0.05, 0.1) is 12.4 Å². The van der Waals surface area contributed by atoms with Crippen LogP contribution in [0, 0.1) is 6.92 Å². The third kappa shape index (κ3) is 2.49. The molecule has 0 aliphatic rings. The summed E-state index contributed by atoms with van der Waals surface area (Å²) in [5, 5.41) is 0. The molecule has 82 valence electrons. The monoisotopic (exact) mass is 279 g/mol. The third-order valence-electron chi connectivity index (χ3n) is 2.00. The number of rotatable bonds is 2. The van der Waals surface area contributed by atoms with E-state index in [2.05, 4.69) is 25.9 Å². The lowest BCUT2D eigenvalue weighted by Crippen LogP contribution is -1.94. The highest BCUT2D eigenvalue weighted by molar-refractivity contribution is 9.10.